The molecule has 0 aliphatic heterocycles. The van der Waals surface area contributed by atoms with E-state index < -0.39 is 0 Å². The first-order valence-electron chi connectivity index (χ1n) is 10.9. The van der Waals surface area contributed by atoms with Gasteiger partial charge in [0.15, 0.2) is 0 Å². The average molecular weight is 419 g/mol. The molecule has 0 unspecified atom stereocenters. The third-order valence-electron chi connectivity index (χ3n) is 4.70. The van der Waals surface area contributed by atoms with Gasteiger partial charge in [0.25, 0.3) is 0 Å². The van der Waals surface area contributed by atoms with Crippen molar-refractivity contribution in [3.05, 3.63) is 0 Å². The molecule has 0 bridgehead atoms. The molecule has 0 aromatic carbocycles. The normalized spacial score (nSPS) is 10.8. The Labute approximate surface area is 165 Å². The maximum atomic E-state index is 11.3. The molecule has 0 fully saturated rings. The topological polar surface area (TPSA) is 41.1 Å². The van der Waals surface area contributed by atoms with E-state index >= 15 is 0 Å². The van der Waals surface area contributed by atoms with Gasteiger partial charge in [0, 0.05) is 18.4 Å². The Morgan fingerprint density at radius 1 is 0.600 bits per heavy atom. The fourth-order valence-corrected chi connectivity index (χ4v) is 3.30. The van der Waals surface area contributed by atoms with Crippen LogP contribution in [0.2, 0.25) is 0 Å². The lowest BCUT2D eigenvalue weighted by atomic mass is 10.0. The molecule has 0 aliphatic rings. The van der Waals surface area contributed by atoms with E-state index in [4.69, 9.17) is 0 Å². The lowest BCUT2D eigenvalue weighted by Crippen LogP contribution is -2.36. The summed E-state index contributed by atoms with van der Waals surface area (Å²) >= 11 is 3.29. The Morgan fingerprint density at radius 3 is 1.36 bits per heavy atom. The molecule has 0 aliphatic carbocycles. The molecule has 0 aromatic rings. The molecule has 4 heteroatoms. The molecule has 0 aromatic heterocycles. The van der Waals surface area contributed by atoms with Crippen molar-refractivity contribution in [1.29, 1.82) is 0 Å². The van der Waals surface area contributed by atoms with Crippen molar-refractivity contribution < 1.29 is 4.79 Å². The minimum absolute atomic E-state index is 0.0413. The number of unbranched alkanes of at least 4 members (excludes halogenated alkanes) is 15. The van der Waals surface area contributed by atoms with Crippen molar-refractivity contribution in [3.8, 4) is 0 Å². The SMILES string of the molecule is CCCCCCCCCCCCCCCCCCNC(=O)NCCBr. The average Bonchev–Trinajstić information content (AvgIpc) is 2.62. The molecule has 0 atom stereocenters. The number of hydrogen-bond donors (Lipinski definition) is 2. The van der Waals surface area contributed by atoms with Gasteiger partial charge in [-0.2, -0.15) is 0 Å². The predicted octanol–water partition coefficient (Wildman–Crippen LogP) is 6.94. The van der Waals surface area contributed by atoms with E-state index in [-0.39, 0.29) is 6.03 Å². The number of amides is 2. The van der Waals surface area contributed by atoms with Gasteiger partial charge in [0.05, 0.1) is 0 Å². The standard InChI is InChI=1S/C21H43BrN2O/c1-2-3-4-5-6-7-8-9-10-11-12-13-14-15-16-17-19-23-21(25)24-20-18-22/h2-20H2,1H3,(H2,23,24,25). The maximum absolute atomic E-state index is 11.3. The fraction of sp³-hybridized carbons (Fsp3) is 0.952. The molecular weight excluding hydrogens is 376 g/mol. The first kappa shape index (κ1) is 24.8. The van der Waals surface area contributed by atoms with Crippen LogP contribution in [0, 0.1) is 0 Å². The summed E-state index contributed by atoms with van der Waals surface area (Å²) in [6.07, 6.45) is 22.1. The molecule has 0 heterocycles. The minimum atomic E-state index is -0.0413. The molecule has 0 spiro atoms. The van der Waals surface area contributed by atoms with Crippen LogP contribution in [-0.4, -0.2) is 24.5 Å². The van der Waals surface area contributed by atoms with Crippen LogP contribution >= 0.6 is 15.9 Å². The third kappa shape index (κ3) is 21.7. The highest BCUT2D eigenvalue weighted by Gasteiger charge is 1.98. The van der Waals surface area contributed by atoms with Crippen LogP contribution in [0.5, 0.6) is 0 Å². The Hall–Kier alpha value is -0.250. The van der Waals surface area contributed by atoms with Crippen molar-refractivity contribution in [3.63, 3.8) is 0 Å². The Kier molecular flexibility index (Phi) is 21.6. The van der Waals surface area contributed by atoms with Crippen LogP contribution in [0.3, 0.4) is 0 Å². The summed E-state index contributed by atoms with van der Waals surface area (Å²) in [4.78, 5) is 11.3. The zero-order valence-corrected chi connectivity index (χ0v) is 18.3. The zero-order chi connectivity index (χ0) is 18.4. The van der Waals surface area contributed by atoms with Gasteiger partial charge < -0.3 is 10.6 Å². The number of carbonyl (C=O) groups is 1. The van der Waals surface area contributed by atoms with Gasteiger partial charge in [-0.1, -0.05) is 119 Å². The summed E-state index contributed by atoms with van der Waals surface area (Å²) < 4.78 is 0. The van der Waals surface area contributed by atoms with Crippen molar-refractivity contribution in [2.45, 2.75) is 110 Å². The summed E-state index contributed by atoms with van der Waals surface area (Å²) in [6.45, 7) is 3.77. The van der Waals surface area contributed by atoms with Crippen LogP contribution in [-0.2, 0) is 0 Å². The largest absolute Gasteiger partial charge is 0.338 e. The van der Waals surface area contributed by atoms with Gasteiger partial charge in [-0.25, -0.2) is 4.79 Å². The van der Waals surface area contributed by atoms with E-state index in [0.717, 1.165) is 18.3 Å². The number of alkyl halides is 1. The first-order valence-corrected chi connectivity index (χ1v) is 12.0. The van der Waals surface area contributed by atoms with Crippen molar-refractivity contribution >= 4 is 22.0 Å². The molecule has 0 saturated heterocycles. The smallest absolute Gasteiger partial charge is 0.314 e. The molecule has 0 rings (SSSR count). The molecular formula is C21H43BrN2O. The van der Waals surface area contributed by atoms with Crippen LogP contribution in [0.4, 0.5) is 4.79 Å². The zero-order valence-electron chi connectivity index (χ0n) is 16.7. The van der Waals surface area contributed by atoms with E-state index in [9.17, 15) is 4.79 Å². The van der Waals surface area contributed by atoms with Crippen LogP contribution in [0.25, 0.3) is 0 Å². The fourth-order valence-electron chi connectivity index (χ4n) is 3.10. The lowest BCUT2D eigenvalue weighted by Gasteiger charge is -2.06. The summed E-state index contributed by atoms with van der Waals surface area (Å²) in [7, 11) is 0. The number of rotatable bonds is 19. The van der Waals surface area contributed by atoms with Crippen LogP contribution in [0.1, 0.15) is 110 Å². The molecule has 0 saturated carbocycles. The number of carbonyl (C=O) groups excluding carboxylic acids is 1. The van der Waals surface area contributed by atoms with Crippen molar-refractivity contribution in [1.82, 2.24) is 10.6 Å². The minimum Gasteiger partial charge on any atom is -0.338 e. The van der Waals surface area contributed by atoms with Gasteiger partial charge in [0.1, 0.15) is 0 Å². The second-order valence-corrected chi connectivity index (χ2v) is 7.97. The van der Waals surface area contributed by atoms with Gasteiger partial charge in [-0.3, -0.25) is 0 Å². The Morgan fingerprint density at radius 2 is 0.960 bits per heavy atom. The van der Waals surface area contributed by atoms with Crippen molar-refractivity contribution in [2.24, 2.45) is 0 Å². The number of nitrogens with one attached hydrogen (secondary N) is 2. The monoisotopic (exact) mass is 418 g/mol. The lowest BCUT2D eigenvalue weighted by molar-refractivity contribution is 0.241. The molecule has 2 N–H and O–H groups in total. The quantitative estimate of drug-likeness (QED) is 0.173. The van der Waals surface area contributed by atoms with E-state index in [1.54, 1.807) is 0 Å². The van der Waals surface area contributed by atoms with Crippen LogP contribution in [0.15, 0.2) is 0 Å². The van der Waals surface area contributed by atoms with Gasteiger partial charge in [0.2, 0.25) is 0 Å². The number of halogens is 1. The van der Waals surface area contributed by atoms with Gasteiger partial charge >= 0.3 is 6.03 Å². The summed E-state index contributed by atoms with van der Waals surface area (Å²) in [5, 5.41) is 6.49. The summed E-state index contributed by atoms with van der Waals surface area (Å²) in [5.41, 5.74) is 0. The summed E-state index contributed by atoms with van der Waals surface area (Å²) in [5.74, 6) is 0. The molecule has 0 radical (unpaired) electrons. The van der Waals surface area contributed by atoms with E-state index in [2.05, 4.69) is 33.5 Å². The highest BCUT2D eigenvalue weighted by Crippen LogP contribution is 2.13. The first-order chi connectivity index (χ1) is 12.3. The summed E-state index contributed by atoms with van der Waals surface area (Å²) in [6, 6.07) is -0.0413. The maximum Gasteiger partial charge on any atom is 0.314 e. The van der Waals surface area contributed by atoms with Crippen LogP contribution < -0.4 is 10.6 Å². The van der Waals surface area contributed by atoms with E-state index in [1.807, 2.05) is 0 Å². The van der Waals surface area contributed by atoms with Gasteiger partial charge in [-0.05, 0) is 6.42 Å². The second-order valence-electron chi connectivity index (χ2n) is 7.17. The van der Waals surface area contributed by atoms with E-state index in [0.29, 0.717) is 6.54 Å². The predicted molar refractivity (Wildman–Crippen MR) is 115 cm³/mol. The Bertz CT molecular complexity index is 275. The number of hydrogen-bond acceptors (Lipinski definition) is 1. The highest BCUT2D eigenvalue weighted by atomic mass is 79.9. The molecule has 25 heavy (non-hydrogen) atoms. The third-order valence-corrected chi connectivity index (χ3v) is 5.09. The second kappa shape index (κ2) is 21.8. The van der Waals surface area contributed by atoms with Gasteiger partial charge in [-0.15, -0.1) is 0 Å². The molecule has 2 amide bonds. The van der Waals surface area contributed by atoms with E-state index in [1.165, 1.54) is 96.3 Å². The molecule has 3 nitrogen and oxygen atoms in total. The number of urea groups is 1. The molecule has 150 valence electrons. The highest BCUT2D eigenvalue weighted by molar-refractivity contribution is 9.09. The Balaban J connectivity index is 3.04. The van der Waals surface area contributed by atoms with Crippen molar-refractivity contribution in [2.75, 3.05) is 18.4 Å².